The van der Waals surface area contributed by atoms with Crippen LogP contribution in [0.25, 0.3) is 11.0 Å². The predicted octanol–water partition coefficient (Wildman–Crippen LogP) is 4.68. The lowest BCUT2D eigenvalue weighted by atomic mass is 10.00. The summed E-state index contributed by atoms with van der Waals surface area (Å²) in [6.07, 6.45) is -1.72. The van der Waals surface area contributed by atoms with Gasteiger partial charge in [0.1, 0.15) is 5.65 Å². The number of halogens is 3. The highest BCUT2D eigenvalue weighted by Gasteiger charge is 2.32. The van der Waals surface area contributed by atoms with E-state index in [-0.39, 0.29) is 0 Å². The van der Waals surface area contributed by atoms with E-state index in [0.29, 0.717) is 18.4 Å². The van der Waals surface area contributed by atoms with Gasteiger partial charge < -0.3 is 4.98 Å². The fourth-order valence-electron chi connectivity index (χ4n) is 2.63. The monoisotopic (exact) mass is 304 g/mol. The minimum absolute atomic E-state index is 0.320. The first-order valence-electron chi connectivity index (χ1n) is 7.03. The molecule has 2 nitrogen and oxygen atoms in total. The average molecular weight is 304 g/mol. The SMILES string of the molecule is Cc1cc2cc(CCc3ccccc3C(F)(F)F)cnc2[nH]1. The number of alkyl halides is 3. The van der Waals surface area contributed by atoms with Crippen molar-refractivity contribution in [2.75, 3.05) is 0 Å². The number of aromatic nitrogens is 2. The fraction of sp³-hybridized carbons (Fsp3) is 0.235. The summed E-state index contributed by atoms with van der Waals surface area (Å²) in [7, 11) is 0. The van der Waals surface area contributed by atoms with Gasteiger partial charge in [0.2, 0.25) is 0 Å². The normalized spacial score (nSPS) is 12.0. The number of benzene rings is 1. The zero-order chi connectivity index (χ0) is 15.7. The van der Waals surface area contributed by atoms with E-state index in [2.05, 4.69) is 9.97 Å². The molecule has 0 aliphatic carbocycles. The van der Waals surface area contributed by atoms with Crippen LogP contribution in [0.1, 0.15) is 22.4 Å². The van der Waals surface area contributed by atoms with Crippen LogP contribution in [0.5, 0.6) is 0 Å². The fourth-order valence-corrected chi connectivity index (χ4v) is 2.63. The first kappa shape index (κ1) is 14.6. The molecular formula is C17H15F3N2. The molecule has 3 rings (SSSR count). The summed E-state index contributed by atoms with van der Waals surface area (Å²) in [5.41, 5.74) is 2.52. The molecule has 0 atom stereocenters. The van der Waals surface area contributed by atoms with E-state index in [0.717, 1.165) is 28.4 Å². The van der Waals surface area contributed by atoms with Crippen LogP contribution in [0.4, 0.5) is 13.2 Å². The Morgan fingerprint density at radius 3 is 2.64 bits per heavy atom. The van der Waals surface area contributed by atoms with Crippen LogP contribution in [-0.2, 0) is 19.0 Å². The molecular weight excluding hydrogens is 289 g/mol. The van der Waals surface area contributed by atoms with E-state index in [1.165, 1.54) is 12.1 Å². The van der Waals surface area contributed by atoms with Gasteiger partial charge in [0, 0.05) is 17.3 Å². The van der Waals surface area contributed by atoms with Crippen molar-refractivity contribution in [3.8, 4) is 0 Å². The number of fused-ring (bicyclic) bond motifs is 1. The number of aryl methyl sites for hydroxylation is 3. The van der Waals surface area contributed by atoms with Crippen molar-refractivity contribution < 1.29 is 13.2 Å². The van der Waals surface area contributed by atoms with E-state index in [1.54, 1.807) is 12.3 Å². The number of nitrogens with zero attached hydrogens (tertiary/aromatic N) is 1. The van der Waals surface area contributed by atoms with E-state index in [4.69, 9.17) is 0 Å². The highest BCUT2D eigenvalue weighted by Crippen LogP contribution is 2.32. The molecule has 114 valence electrons. The molecule has 0 bridgehead atoms. The molecule has 0 aliphatic heterocycles. The Morgan fingerprint density at radius 2 is 1.86 bits per heavy atom. The van der Waals surface area contributed by atoms with Crippen molar-refractivity contribution >= 4 is 11.0 Å². The molecule has 5 heteroatoms. The van der Waals surface area contributed by atoms with Crippen molar-refractivity contribution in [3.05, 3.63) is 65.0 Å². The Morgan fingerprint density at radius 1 is 1.09 bits per heavy atom. The number of pyridine rings is 1. The second-order valence-corrected chi connectivity index (χ2v) is 5.39. The van der Waals surface area contributed by atoms with Gasteiger partial charge in [-0.15, -0.1) is 0 Å². The highest BCUT2D eigenvalue weighted by atomic mass is 19.4. The average Bonchev–Trinajstić information content (AvgIpc) is 2.83. The molecule has 0 radical (unpaired) electrons. The van der Waals surface area contributed by atoms with Gasteiger partial charge in [-0.2, -0.15) is 13.2 Å². The topological polar surface area (TPSA) is 28.7 Å². The van der Waals surface area contributed by atoms with Crippen LogP contribution < -0.4 is 0 Å². The zero-order valence-electron chi connectivity index (χ0n) is 12.0. The maximum Gasteiger partial charge on any atom is 0.416 e. The molecule has 0 unspecified atom stereocenters. The Labute approximate surface area is 126 Å². The second kappa shape index (κ2) is 5.48. The maximum absolute atomic E-state index is 13.0. The minimum Gasteiger partial charge on any atom is -0.344 e. The van der Waals surface area contributed by atoms with E-state index in [9.17, 15) is 13.2 Å². The number of H-pyrrole nitrogens is 1. The number of rotatable bonds is 3. The van der Waals surface area contributed by atoms with Gasteiger partial charge in [-0.1, -0.05) is 18.2 Å². The highest BCUT2D eigenvalue weighted by molar-refractivity contribution is 5.76. The summed E-state index contributed by atoms with van der Waals surface area (Å²) in [5, 5.41) is 0.985. The molecule has 1 N–H and O–H groups in total. The van der Waals surface area contributed by atoms with Gasteiger partial charge in [0.05, 0.1) is 5.56 Å². The van der Waals surface area contributed by atoms with Crippen molar-refractivity contribution in [1.82, 2.24) is 9.97 Å². The van der Waals surface area contributed by atoms with Crippen molar-refractivity contribution in [3.63, 3.8) is 0 Å². The summed E-state index contributed by atoms with van der Waals surface area (Å²) in [4.78, 5) is 7.44. The number of nitrogens with one attached hydrogen (secondary N) is 1. The lowest BCUT2D eigenvalue weighted by Gasteiger charge is -2.12. The molecule has 3 aromatic rings. The number of hydrogen-bond acceptors (Lipinski definition) is 1. The largest absolute Gasteiger partial charge is 0.416 e. The predicted molar refractivity (Wildman–Crippen MR) is 79.7 cm³/mol. The van der Waals surface area contributed by atoms with Gasteiger partial charge in [0.15, 0.2) is 0 Å². The summed E-state index contributed by atoms with van der Waals surface area (Å²) < 4.78 is 38.9. The van der Waals surface area contributed by atoms with Gasteiger partial charge >= 0.3 is 6.18 Å². The van der Waals surface area contributed by atoms with Crippen LogP contribution in [0.15, 0.2) is 42.6 Å². The van der Waals surface area contributed by atoms with Crippen LogP contribution in [0.3, 0.4) is 0 Å². The summed E-state index contributed by atoms with van der Waals surface area (Å²) in [6, 6.07) is 9.68. The van der Waals surface area contributed by atoms with E-state index >= 15 is 0 Å². The first-order chi connectivity index (χ1) is 10.4. The number of hydrogen-bond donors (Lipinski definition) is 1. The number of aromatic amines is 1. The van der Waals surface area contributed by atoms with Crippen LogP contribution in [-0.4, -0.2) is 9.97 Å². The Bertz CT molecular complexity index is 803. The Hall–Kier alpha value is -2.30. The summed E-state index contributed by atoms with van der Waals surface area (Å²) >= 11 is 0. The lowest BCUT2D eigenvalue weighted by Crippen LogP contribution is -2.09. The van der Waals surface area contributed by atoms with Gasteiger partial charge in [-0.05, 0) is 49.1 Å². The zero-order valence-corrected chi connectivity index (χ0v) is 12.0. The van der Waals surface area contributed by atoms with Gasteiger partial charge in [-0.3, -0.25) is 0 Å². The quantitative estimate of drug-likeness (QED) is 0.748. The third-order valence-electron chi connectivity index (χ3n) is 3.67. The summed E-state index contributed by atoms with van der Waals surface area (Å²) in [6.45, 7) is 1.95. The molecule has 2 aromatic heterocycles. The molecule has 0 amide bonds. The summed E-state index contributed by atoms with van der Waals surface area (Å²) in [5.74, 6) is 0. The molecule has 22 heavy (non-hydrogen) atoms. The second-order valence-electron chi connectivity index (χ2n) is 5.39. The Balaban J connectivity index is 1.82. The minimum atomic E-state index is -4.31. The van der Waals surface area contributed by atoms with Crippen molar-refractivity contribution in [2.24, 2.45) is 0 Å². The molecule has 0 saturated heterocycles. The third-order valence-corrected chi connectivity index (χ3v) is 3.67. The molecule has 2 heterocycles. The van der Waals surface area contributed by atoms with Crippen molar-refractivity contribution in [2.45, 2.75) is 25.9 Å². The smallest absolute Gasteiger partial charge is 0.344 e. The molecule has 0 fully saturated rings. The van der Waals surface area contributed by atoms with E-state index < -0.39 is 11.7 Å². The maximum atomic E-state index is 13.0. The first-order valence-corrected chi connectivity index (χ1v) is 7.03. The van der Waals surface area contributed by atoms with Crippen LogP contribution in [0.2, 0.25) is 0 Å². The van der Waals surface area contributed by atoms with Crippen molar-refractivity contribution in [1.29, 1.82) is 0 Å². The standard InChI is InChI=1S/C17H15F3N2/c1-11-8-14-9-12(10-21-16(14)22-11)6-7-13-4-2-3-5-15(13)17(18,19)20/h2-5,8-10H,6-7H2,1H3,(H,21,22). The molecule has 0 aliphatic rings. The third kappa shape index (κ3) is 2.98. The molecule has 0 saturated carbocycles. The molecule has 0 spiro atoms. The van der Waals surface area contributed by atoms with E-state index in [1.807, 2.05) is 19.1 Å². The molecule has 1 aromatic carbocycles. The van der Waals surface area contributed by atoms with Crippen LogP contribution >= 0.6 is 0 Å². The lowest BCUT2D eigenvalue weighted by molar-refractivity contribution is -0.138. The van der Waals surface area contributed by atoms with Gasteiger partial charge in [-0.25, -0.2) is 4.98 Å². The van der Waals surface area contributed by atoms with Gasteiger partial charge in [0.25, 0.3) is 0 Å². The Kier molecular flexibility index (Phi) is 3.64. The van der Waals surface area contributed by atoms with Crippen LogP contribution in [0, 0.1) is 6.92 Å².